The molecule has 1 aromatic heterocycles. The molecule has 35 heavy (non-hydrogen) atoms. The Morgan fingerprint density at radius 3 is 2.20 bits per heavy atom. The van der Waals surface area contributed by atoms with Crippen LogP contribution in [0.15, 0.2) is 71.6 Å². The molecule has 0 bridgehead atoms. The minimum Gasteiger partial charge on any atom is -1.00 e. The molecule has 3 aromatic carbocycles. The first-order valence-electron chi connectivity index (χ1n) is 11.7. The second-order valence-corrected chi connectivity index (χ2v) is 10.8. The highest BCUT2D eigenvalue weighted by Crippen LogP contribution is 2.30. The number of hydrogen-bond acceptors (Lipinski definition) is 6. The third-order valence-electron chi connectivity index (χ3n) is 6.75. The lowest BCUT2D eigenvalue weighted by Crippen LogP contribution is -3.00. The van der Waals surface area contributed by atoms with Crippen LogP contribution in [0.3, 0.4) is 0 Å². The van der Waals surface area contributed by atoms with Gasteiger partial charge in [-0.1, -0.05) is 48.5 Å². The van der Waals surface area contributed by atoms with Gasteiger partial charge in [0.2, 0.25) is 16.0 Å². The molecule has 5 rings (SSSR count). The number of rotatable bonds is 7. The highest BCUT2D eigenvalue weighted by atomic mass is 35.5. The van der Waals surface area contributed by atoms with Crippen molar-refractivity contribution in [2.45, 2.75) is 30.6 Å². The van der Waals surface area contributed by atoms with Crippen LogP contribution < -0.4 is 28.2 Å². The molecule has 0 saturated heterocycles. The van der Waals surface area contributed by atoms with E-state index >= 15 is 0 Å². The second kappa shape index (κ2) is 10.8. The van der Waals surface area contributed by atoms with Gasteiger partial charge in [0.05, 0.1) is 10.4 Å². The Bertz CT molecular complexity index is 1420. The van der Waals surface area contributed by atoms with Crippen LogP contribution in [0.25, 0.3) is 21.7 Å². The first-order chi connectivity index (χ1) is 16.5. The standard InChI is InChI=1S/C26H29N5O2S.ClH/c27-25-22-9-3-4-10-23(22)30-26(31-25)28-16-18-12-14-19(15-13-18)17-29-34(32,33)24-11-5-7-20-6-1-2-8-21(20)24;/h1-11,18-19,29H,12-17H2,(H3,27,28,30,31);1H/p-1. The second-order valence-electron chi connectivity index (χ2n) is 9.05. The third-order valence-corrected chi connectivity index (χ3v) is 8.23. The minimum absolute atomic E-state index is 0. The lowest BCUT2D eigenvalue weighted by molar-refractivity contribution is -0.00000950. The van der Waals surface area contributed by atoms with Crippen molar-refractivity contribution in [2.24, 2.45) is 11.8 Å². The van der Waals surface area contributed by atoms with Gasteiger partial charge >= 0.3 is 0 Å². The summed E-state index contributed by atoms with van der Waals surface area (Å²) in [7, 11) is -3.56. The SMILES string of the molecule is Nc1nc(NCC2CCC(CNS(=O)(=O)c3cccc4ccccc34)CC2)nc2ccccc12.[Cl-]. The molecular weight excluding hydrogens is 482 g/mol. The summed E-state index contributed by atoms with van der Waals surface area (Å²) in [6, 6.07) is 20.7. The lowest BCUT2D eigenvalue weighted by atomic mass is 9.82. The van der Waals surface area contributed by atoms with E-state index < -0.39 is 10.0 Å². The van der Waals surface area contributed by atoms with Gasteiger partial charge < -0.3 is 23.5 Å². The fraction of sp³-hybridized carbons (Fsp3) is 0.308. The zero-order valence-electron chi connectivity index (χ0n) is 19.3. The average molecular weight is 511 g/mol. The summed E-state index contributed by atoms with van der Waals surface area (Å²) in [5.41, 5.74) is 6.91. The molecule has 9 heteroatoms. The van der Waals surface area contributed by atoms with Crippen LogP contribution in [0.1, 0.15) is 25.7 Å². The molecular formula is C26H29ClN5O2S-. The number of hydrogen-bond donors (Lipinski definition) is 3. The van der Waals surface area contributed by atoms with Crippen molar-refractivity contribution >= 4 is 43.5 Å². The summed E-state index contributed by atoms with van der Waals surface area (Å²) >= 11 is 0. The van der Waals surface area contributed by atoms with E-state index in [1.807, 2.05) is 54.6 Å². The number of aromatic nitrogens is 2. The number of benzene rings is 3. The summed E-state index contributed by atoms with van der Waals surface area (Å²) in [5.74, 6) is 1.88. The molecule has 0 aliphatic heterocycles. The molecule has 1 aliphatic rings. The molecule has 0 unspecified atom stereocenters. The van der Waals surface area contributed by atoms with E-state index in [1.54, 1.807) is 12.1 Å². The minimum atomic E-state index is -3.56. The number of para-hydroxylation sites is 1. The van der Waals surface area contributed by atoms with Gasteiger partial charge in [0.15, 0.2) is 0 Å². The Labute approximate surface area is 212 Å². The Hall–Kier alpha value is -2.94. The molecule has 1 aliphatic carbocycles. The van der Waals surface area contributed by atoms with E-state index in [9.17, 15) is 8.42 Å². The van der Waals surface area contributed by atoms with Crippen molar-refractivity contribution in [3.63, 3.8) is 0 Å². The van der Waals surface area contributed by atoms with Crippen LogP contribution >= 0.6 is 0 Å². The van der Waals surface area contributed by atoms with E-state index in [2.05, 4.69) is 20.0 Å². The van der Waals surface area contributed by atoms with E-state index in [1.165, 1.54) is 0 Å². The first-order valence-corrected chi connectivity index (χ1v) is 13.2. The molecule has 0 radical (unpaired) electrons. The predicted octanol–water partition coefficient (Wildman–Crippen LogP) is 1.57. The third kappa shape index (κ3) is 5.66. The summed E-state index contributed by atoms with van der Waals surface area (Å²) in [6.07, 6.45) is 4.06. The summed E-state index contributed by atoms with van der Waals surface area (Å²) in [6.45, 7) is 1.25. The average Bonchev–Trinajstić information content (AvgIpc) is 2.86. The van der Waals surface area contributed by atoms with E-state index in [4.69, 9.17) is 5.73 Å². The van der Waals surface area contributed by atoms with Crippen LogP contribution in [-0.4, -0.2) is 31.5 Å². The normalized spacial score (nSPS) is 18.3. The molecule has 0 atom stereocenters. The van der Waals surface area contributed by atoms with Crippen molar-refractivity contribution in [1.82, 2.24) is 14.7 Å². The van der Waals surface area contributed by atoms with Crippen LogP contribution in [0.4, 0.5) is 11.8 Å². The quantitative estimate of drug-likeness (QED) is 0.348. The summed E-state index contributed by atoms with van der Waals surface area (Å²) in [4.78, 5) is 9.30. The van der Waals surface area contributed by atoms with E-state index in [0.717, 1.165) is 53.9 Å². The van der Waals surface area contributed by atoms with Crippen molar-refractivity contribution < 1.29 is 20.8 Å². The monoisotopic (exact) mass is 510 g/mol. The largest absolute Gasteiger partial charge is 1.00 e. The van der Waals surface area contributed by atoms with Crippen LogP contribution in [-0.2, 0) is 10.0 Å². The number of anilines is 2. The smallest absolute Gasteiger partial charge is 0.241 e. The van der Waals surface area contributed by atoms with Crippen molar-refractivity contribution in [2.75, 3.05) is 24.1 Å². The molecule has 1 saturated carbocycles. The highest BCUT2D eigenvalue weighted by molar-refractivity contribution is 7.89. The fourth-order valence-corrected chi connectivity index (χ4v) is 6.13. The Kier molecular flexibility index (Phi) is 7.74. The molecule has 4 N–H and O–H groups in total. The van der Waals surface area contributed by atoms with Crippen molar-refractivity contribution in [3.05, 3.63) is 66.7 Å². The predicted molar refractivity (Wildman–Crippen MR) is 137 cm³/mol. The van der Waals surface area contributed by atoms with Gasteiger partial charge in [0.25, 0.3) is 0 Å². The van der Waals surface area contributed by atoms with Crippen LogP contribution in [0.2, 0.25) is 0 Å². The number of halogens is 1. The van der Waals surface area contributed by atoms with Gasteiger partial charge in [0.1, 0.15) is 5.82 Å². The number of nitrogens with two attached hydrogens (primary N) is 1. The maximum atomic E-state index is 13.0. The fourth-order valence-electron chi connectivity index (χ4n) is 4.79. The number of fused-ring (bicyclic) bond motifs is 2. The molecule has 0 amide bonds. The molecule has 1 heterocycles. The van der Waals surface area contributed by atoms with Crippen LogP contribution in [0, 0.1) is 11.8 Å². The summed E-state index contributed by atoms with van der Waals surface area (Å²) in [5, 5.41) is 5.88. The molecule has 184 valence electrons. The maximum absolute atomic E-state index is 13.0. The number of sulfonamides is 1. The highest BCUT2D eigenvalue weighted by Gasteiger charge is 2.24. The van der Waals surface area contributed by atoms with Gasteiger partial charge in [-0.2, -0.15) is 4.98 Å². The lowest BCUT2D eigenvalue weighted by Gasteiger charge is -2.28. The molecule has 1 fully saturated rings. The molecule has 4 aromatic rings. The van der Waals surface area contributed by atoms with Gasteiger partial charge in [0, 0.05) is 23.9 Å². The first kappa shape index (κ1) is 25.2. The topological polar surface area (TPSA) is 110 Å². The number of nitrogen functional groups attached to an aromatic ring is 1. The van der Waals surface area contributed by atoms with Gasteiger partial charge in [-0.25, -0.2) is 18.1 Å². The van der Waals surface area contributed by atoms with Crippen LogP contribution in [0.5, 0.6) is 0 Å². The molecule has 0 spiro atoms. The van der Waals surface area contributed by atoms with Crippen molar-refractivity contribution in [3.8, 4) is 0 Å². The summed E-state index contributed by atoms with van der Waals surface area (Å²) < 4.78 is 28.8. The Morgan fingerprint density at radius 2 is 1.43 bits per heavy atom. The van der Waals surface area contributed by atoms with Gasteiger partial charge in [-0.3, -0.25) is 0 Å². The van der Waals surface area contributed by atoms with E-state index in [0.29, 0.717) is 35.0 Å². The molecule has 7 nitrogen and oxygen atoms in total. The van der Waals surface area contributed by atoms with Gasteiger partial charge in [-0.05, 0) is 61.1 Å². The van der Waals surface area contributed by atoms with Crippen molar-refractivity contribution in [1.29, 1.82) is 0 Å². The Morgan fingerprint density at radius 1 is 0.800 bits per heavy atom. The number of nitrogens with one attached hydrogen (secondary N) is 2. The number of nitrogens with zero attached hydrogens (tertiary/aromatic N) is 2. The Balaban J connectivity index is 0.00000289. The van der Waals surface area contributed by atoms with Gasteiger partial charge in [-0.15, -0.1) is 0 Å². The van der Waals surface area contributed by atoms with E-state index in [-0.39, 0.29) is 12.4 Å². The maximum Gasteiger partial charge on any atom is 0.241 e. The zero-order chi connectivity index (χ0) is 23.5. The zero-order valence-corrected chi connectivity index (χ0v) is 20.9.